The van der Waals surface area contributed by atoms with E-state index in [4.69, 9.17) is 4.42 Å². The van der Waals surface area contributed by atoms with E-state index in [1.54, 1.807) is 27.9 Å². The maximum Gasteiger partial charge on any atom is 0.416 e. The Kier molecular flexibility index (Phi) is 5.79. The molecule has 2 aliphatic rings. The van der Waals surface area contributed by atoms with E-state index in [1.807, 2.05) is 6.08 Å². The van der Waals surface area contributed by atoms with Gasteiger partial charge in [0, 0.05) is 25.4 Å². The lowest BCUT2D eigenvalue weighted by atomic mass is 9.65. The van der Waals surface area contributed by atoms with Gasteiger partial charge in [-0.25, -0.2) is 13.5 Å². The Hall–Kier alpha value is -4.87. The average Bonchev–Trinajstić information content (AvgIpc) is 3.59. The Morgan fingerprint density at radius 2 is 1.79 bits per heavy atom. The fraction of sp³-hybridized carbons (Fsp3) is 0.200. The van der Waals surface area contributed by atoms with Crippen LogP contribution in [-0.2, 0) is 12.6 Å². The molecule has 1 fully saturated rings. The first kappa shape index (κ1) is 26.1. The summed E-state index contributed by atoms with van der Waals surface area (Å²) in [4.78, 5) is 24.5. The van der Waals surface area contributed by atoms with E-state index in [0.29, 0.717) is 46.6 Å². The van der Waals surface area contributed by atoms with Gasteiger partial charge in [-0.3, -0.25) is 9.78 Å². The molecule has 0 bridgehead atoms. The lowest BCUT2D eigenvalue weighted by Crippen LogP contribution is -2.52. The third kappa shape index (κ3) is 4.25. The number of fused-ring (bicyclic) bond motifs is 3. The van der Waals surface area contributed by atoms with Crippen molar-refractivity contribution < 1.29 is 31.2 Å². The monoisotopic (exact) mass is 577 g/mol. The van der Waals surface area contributed by atoms with Gasteiger partial charge >= 0.3 is 6.18 Å². The van der Waals surface area contributed by atoms with Crippen LogP contribution in [0.5, 0.6) is 0 Å². The number of benzene rings is 2. The van der Waals surface area contributed by atoms with Crippen LogP contribution in [0.4, 0.5) is 28.0 Å². The van der Waals surface area contributed by atoms with Crippen LogP contribution in [-0.4, -0.2) is 38.6 Å². The molecule has 5 aromatic rings. The van der Waals surface area contributed by atoms with Crippen LogP contribution in [0.15, 0.2) is 77.0 Å². The zero-order valence-electron chi connectivity index (χ0n) is 21.7. The largest absolute Gasteiger partial charge is 0.423 e. The predicted molar refractivity (Wildman–Crippen MR) is 142 cm³/mol. The molecule has 42 heavy (non-hydrogen) atoms. The number of ketones is 1. The number of piperidine rings is 1. The highest BCUT2D eigenvalue weighted by molar-refractivity contribution is 6.03. The van der Waals surface area contributed by atoms with Gasteiger partial charge in [0.15, 0.2) is 11.4 Å². The second-order valence-electron chi connectivity index (χ2n) is 10.4. The summed E-state index contributed by atoms with van der Waals surface area (Å²) in [6, 6.07) is 11.5. The van der Waals surface area contributed by atoms with Crippen molar-refractivity contribution >= 4 is 29.0 Å². The predicted octanol–water partition coefficient (Wildman–Crippen LogP) is 6.42. The van der Waals surface area contributed by atoms with E-state index in [-0.39, 0.29) is 24.7 Å². The first-order valence-electron chi connectivity index (χ1n) is 13.0. The van der Waals surface area contributed by atoms with Crippen LogP contribution in [0.2, 0.25) is 0 Å². The lowest BCUT2D eigenvalue weighted by Gasteiger charge is -2.44. The van der Waals surface area contributed by atoms with Crippen molar-refractivity contribution in [3.8, 4) is 5.69 Å². The van der Waals surface area contributed by atoms with Crippen LogP contribution in [0.3, 0.4) is 0 Å². The summed E-state index contributed by atoms with van der Waals surface area (Å²) >= 11 is 0. The lowest BCUT2D eigenvalue weighted by molar-refractivity contribution is -0.137. The number of anilines is 1. The van der Waals surface area contributed by atoms with Crippen molar-refractivity contribution in [2.24, 2.45) is 5.41 Å². The van der Waals surface area contributed by atoms with Gasteiger partial charge < -0.3 is 9.32 Å². The highest BCUT2D eigenvalue weighted by atomic mass is 19.4. The molecular formula is C30H20F5N5O2. The normalized spacial score (nSPS) is 18.5. The van der Waals surface area contributed by atoms with Gasteiger partial charge in [-0.2, -0.15) is 23.3 Å². The second kappa shape index (κ2) is 9.33. The number of hydrogen-bond donors (Lipinski definition) is 0. The number of rotatable bonds is 4. The van der Waals surface area contributed by atoms with Crippen LogP contribution >= 0.6 is 0 Å². The van der Waals surface area contributed by atoms with Gasteiger partial charge in [-0.15, -0.1) is 0 Å². The number of carbonyl (C=O) groups is 1. The first-order chi connectivity index (χ1) is 20.1. The van der Waals surface area contributed by atoms with Crippen molar-refractivity contribution in [3.63, 3.8) is 0 Å². The smallest absolute Gasteiger partial charge is 0.416 e. The summed E-state index contributed by atoms with van der Waals surface area (Å²) in [7, 11) is 0. The quantitative estimate of drug-likeness (QED) is 0.181. The van der Waals surface area contributed by atoms with Crippen LogP contribution in [0, 0.1) is 17.0 Å². The van der Waals surface area contributed by atoms with Gasteiger partial charge in [0.25, 0.3) is 6.01 Å². The highest BCUT2D eigenvalue weighted by Crippen LogP contribution is 2.47. The molecule has 0 amide bonds. The van der Waals surface area contributed by atoms with E-state index >= 15 is 0 Å². The van der Waals surface area contributed by atoms with Gasteiger partial charge in [-0.05, 0) is 73.0 Å². The Morgan fingerprint density at radius 3 is 2.57 bits per heavy atom. The van der Waals surface area contributed by atoms with Gasteiger partial charge in [0.05, 0.1) is 28.6 Å². The number of halogens is 5. The van der Waals surface area contributed by atoms with Crippen molar-refractivity contribution in [1.29, 1.82) is 0 Å². The molecule has 12 heteroatoms. The fourth-order valence-corrected chi connectivity index (χ4v) is 5.80. The maximum absolute atomic E-state index is 14.3. The molecule has 0 N–H and O–H groups in total. The number of oxazole rings is 1. The molecule has 7 rings (SSSR count). The Labute approximate surface area is 234 Å². The third-order valence-corrected chi connectivity index (χ3v) is 7.85. The number of alkyl halides is 3. The SMILES string of the molecule is O=C(c1cc(C(F)(F)F)ccn1)[C@]12Cc3cnn(-c4ccc(F)cc4)c3C=C1CCN(c1nc3cc(F)ccc3o1)C2. The minimum Gasteiger partial charge on any atom is -0.423 e. The van der Waals surface area contributed by atoms with Crippen molar-refractivity contribution in [2.75, 3.05) is 18.0 Å². The molecule has 4 heterocycles. The molecule has 0 unspecified atom stereocenters. The molecule has 1 aliphatic carbocycles. The zero-order valence-corrected chi connectivity index (χ0v) is 21.7. The van der Waals surface area contributed by atoms with Gasteiger partial charge in [-0.1, -0.05) is 5.57 Å². The molecule has 212 valence electrons. The summed E-state index contributed by atoms with van der Waals surface area (Å²) < 4.78 is 75.6. The number of pyridine rings is 1. The Bertz CT molecular complexity index is 1890. The van der Waals surface area contributed by atoms with Crippen LogP contribution in [0.25, 0.3) is 22.9 Å². The minimum atomic E-state index is -4.66. The third-order valence-electron chi connectivity index (χ3n) is 7.85. The van der Waals surface area contributed by atoms with Gasteiger partial charge in [0.1, 0.15) is 22.8 Å². The minimum absolute atomic E-state index is 0.0338. The van der Waals surface area contributed by atoms with Gasteiger partial charge in [0.2, 0.25) is 0 Å². The van der Waals surface area contributed by atoms with E-state index in [2.05, 4.69) is 15.1 Å². The zero-order chi connectivity index (χ0) is 29.2. The van der Waals surface area contributed by atoms with E-state index < -0.39 is 34.6 Å². The summed E-state index contributed by atoms with van der Waals surface area (Å²) in [5, 5.41) is 4.47. The molecule has 1 aliphatic heterocycles. The molecule has 2 aromatic carbocycles. The summed E-state index contributed by atoms with van der Waals surface area (Å²) in [5.41, 5.74) is 0.754. The summed E-state index contributed by atoms with van der Waals surface area (Å²) in [6.07, 6.45) is 0.230. The summed E-state index contributed by atoms with van der Waals surface area (Å²) in [5.74, 6) is -1.45. The maximum atomic E-state index is 14.3. The second-order valence-corrected chi connectivity index (χ2v) is 10.4. The van der Waals surface area contributed by atoms with Crippen LogP contribution < -0.4 is 4.90 Å². The average molecular weight is 578 g/mol. The molecule has 0 saturated carbocycles. The van der Waals surface area contributed by atoms with Crippen molar-refractivity contribution in [1.82, 2.24) is 19.7 Å². The standard InChI is InChI=1S/C30H20F5N5O2/c31-20-1-4-22(5-2-20)40-25-12-18-8-10-39(28-38-23-13-21(32)3-6-26(23)42-28)16-29(18,14-17(25)15-37-40)27(41)24-11-19(7-9-36-24)30(33,34)35/h1-7,9,11-13,15H,8,10,14,16H2/t29-/m0/s1. The Balaban J connectivity index is 1.33. The van der Waals surface area contributed by atoms with E-state index in [9.17, 15) is 26.7 Å². The van der Waals surface area contributed by atoms with Crippen molar-refractivity contribution in [2.45, 2.75) is 19.0 Å². The van der Waals surface area contributed by atoms with Crippen molar-refractivity contribution in [3.05, 3.63) is 107 Å². The molecule has 1 atom stereocenters. The van der Waals surface area contributed by atoms with E-state index in [1.165, 1.54) is 30.3 Å². The number of aromatic nitrogens is 4. The van der Waals surface area contributed by atoms with E-state index in [0.717, 1.165) is 18.3 Å². The topological polar surface area (TPSA) is 77.1 Å². The first-order valence-corrected chi connectivity index (χ1v) is 13.0. The molecule has 0 spiro atoms. The molecule has 3 aromatic heterocycles. The molecule has 0 radical (unpaired) electrons. The molecular weight excluding hydrogens is 557 g/mol. The Morgan fingerprint density at radius 1 is 1.00 bits per heavy atom. The fourth-order valence-electron chi connectivity index (χ4n) is 5.80. The molecule has 1 saturated heterocycles. The highest BCUT2D eigenvalue weighted by Gasteiger charge is 2.50. The number of hydrogen-bond acceptors (Lipinski definition) is 6. The summed E-state index contributed by atoms with van der Waals surface area (Å²) in [6.45, 7) is 0.415. The number of Topliss-reactive ketones (excluding diaryl/α,β-unsaturated/α-hetero) is 1. The van der Waals surface area contributed by atoms with Crippen LogP contribution in [0.1, 0.15) is 33.7 Å². The number of nitrogens with zero attached hydrogens (tertiary/aromatic N) is 5. The molecule has 7 nitrogen and oxygen atoms in total. The number of carbonyl (C=O) groups excluding carboxylic acids is 1.